The van der Waals surface area contributed by atoms with Crippen molar-refractivity contribution in [1.82, 2.24) is 9.38 Å². The van der Waals surface area contributed by atoms with Crippen molar-refractivity contribution in [3.8, 4) is 0 Å². The van der Waals surface area contributed by atoms with Crippen LogP contribution in [0.25, 0.3) is 59.9 Å². The molecule has 3 nitrogen and oxygen atoms in total. The third-order valence-electron chi connectivity index (χ3n) is 6.47. The van der Waals surface area contributed by atoms with Gasteiger partial charge >= 0.3 is 0 Å². The lowest BCUT2D eigenvalue weighted by molar-refractivity contribution is -0.646. The number of para-hydroxylation sites is 1. The van der Waals surface area contributed by atoms with Gasteiger partial charge in [0.1, 0.15) is 5.52 Å². The van der Waals surface area contributed by atoms with Gasteiger partial charge in [-0.25, -0.2) is 4.57 Å². The minimum atomic E-state index is 1.05. The number of nitrogens with zero attached hydrogens (tertiary/aromatic N) is 3. The maximum Gasteiger partial charge on any atom is 0.287 e. The third-order valence-corrected chi connectivity index (χ3v) is 6.47. The Kier molecular flexibility index (Phi) is 2.63. The van der Waals surface area contributed by atoms with E-state index in [0.29, 0.717) is 0 Å². The molecule has 0 unspecified atom stereocenters. The number of fused-ring (bicyclic) bond motifs is 7. The second-order valence-electron chi connectivity index (χ2n) is 8.05. The molecule has 29 heavy (non-hydrogen) atoms. The number of hydrogen-bond acceptors (Lipinski definition) is 1. The second-order valence-corrected chi connectivity index (χ2v) is 8.05. The van der Waals surface area contributed by atoms with Gasteiger partial charge in [0, 0.05) is 21.5 Å². The summed E-state index contributed by atoms with van der Waals surface area (Å²) in [5.41, 5.74) is 7.41. The van der Waals surface area contributed by atoms with Crippen molar-refractivity contribution in [2.45, 2.75) is 6.92 Å². The van der Waals surface area contributed by atoms with Crippen molar-refractivity contribution >= 4 is 59.9 Å². The van der Waals surface area contributed by atoms with Crippen molar-refractivity contribution in [3.63, 3.8) is 0 Å². The highest BCUT2D eigenvalue weighted by Crippen LogP contribution is 2.42. The van der Waals surface area contributed by atoms with E-state index in [9.17, 15) is 0 Å². The van der Waals surface area contributed by atoms with E-state index < -0.39 is 0 Å². The molecule has 3 heterocycles. The summed E-state index contributed by atoms with van der Waals surface area (Å²) in [7, 11) is 2.11. The predicted octanol–water partition coefficient (Wildman–Crippen LogP) is 5.67. The molecule has 0 spiro atoms. The molecule has 0 aliphatic carbocycles. The average Bonchev–Trinajstić information content (AvgIpc) is 3.08. The van der Waals surface area contributed by atoms with Gasteiger partial charge in [-0.05, 0) is 35.0 Å². The second kappa shape index (κ2) is 5.00. The molecule has 0 aliphatic heterocycles. The first-order valence-corrected chi connectivity index (χ1v) is 9.97. The third kappa shape index (κ3) is 1.70. The Morgan fingerprint density at radius 3 is 2.45 bits per heavy atom. The van der Waals surface area contributed by atoms with E-state index in [2.05, 4.69) is 89.7 Å². The Hall–Kier alpha value is -3.72. The summed E-state index contributed by atoms with van der Waals surface area (Å²) in [4.78, 5) is 4.81. The Labute approximate surface area is 166 Å². The zero-order valence-electron chi connectivity index (χ0n) is 16.3. The standard InChI is InChI=1S/C26H18N3/c1-15-11-12-19-18-9-5-6-10-21(18)29-24-17-8-4-3-7-16(17)13-20-23(24)26(22(15)25(19)29)28(2)14-27-20/h3-14H,1-2H3/q+1. The van der Waals surface area contributed by atoms with Gasteiger partial charge in [-0.1, -0.05) is 54.6 Å². The topological polar surface area (TPSA) is 21.2 Å². The normalized spacial score (nSPS) is 12.5. The van der Waals surface area contributed by atoms with Crippen LogP contribution in [0.15, 0.2) is 73.1 Å². The number of benzene rings is 4. The van der Waals surface area contributed by atoms with Crippen LogP contribution in [0.4, 0.5) is 0 Å². The molecule has 3 aromatic heterocycles. The fourth-order valence-corrected chi connectivity index (χ4v) is 5.26. The van der Waals surface area contributed by atoms with Crippen molar-refractivity contribution < 1.29 is 4.57 Å². The molecular formula is C26H18N3+. The van der Waals surface area contributed by atoms with Crippen LogP contribution in [0.5, 0.6) is 0 Å². The van der Waals surface area contributed by atoms with Crippen LogP contribution in [-0.2, 0) is 7.05 Å². The lowest BCUT2D eigenvalue weighted by atomic mass is 9.98. The van der Waals surface area contributed by atoms with Gasteiger partial charge < -0.3 is 4.40 Å². The van der Waals surface area contributed by atoms with Gasteiger partial charge in [0.05, 0.1) is 29.0 Å². The molecule has 0 fully saturated rings. The fraction of sp³-hybridized carbons (Fsp3) is 0.0769. The highest BCUT2D eigenvalue weighted by atomic mass is 15.0. The predicted molar refractivity (Wildman–Crippen MR) is 120 cm³/mol. The molecule has 7 rings (SSSR count). The van der Waals surface area contributed by atoms with Gasteiger partial charge in [0.2, 0.25) is 0 Å². The molecule has 0 saturated heterocycles. The van der Waals surface area contributed by atoms with Gasteiger partial charge in [0.15, 0.2) is 5.52 Å². The van der Waals surface area contributed by atoms with E-state index in [-0.39, 0.29) is 0 Å². The summed E-state index contributed by atoms with van der Waals surface area (Å²) < 4.78 is 4.66. The van der Waals surface area contributed by atoms with E-state index >= 15 is 0 Å². The summed E-state index contributed by atoms with van der Waals surface area (Å²) in [5, 5.41) is 7.65. The number of hydrogen-bond donors (Lipinski definition) is 0. The van der Waals surface area contributed by atoms with Gasteiger partial charge in [-0.2, -0.15) is 0 Å². The first kappa shape index (κ1) is 15.2. The quantitative estimate of drug-likeness (QED) is 0.191. The van der Waals surface area contributed by atoms with Crippen molar-refractivity contribution in [2.24, 2.45) is 7.05 Å². The van der Waals surface area contributed by atoms with E-state index in [1.165, 1.54) is 59.9 Å². The molecule has 0 bridgehead atoms. The molecule has 3 heteroatoms. The lowest BCUT2D eigenvalue weighted by Gasteiger charge is -2.14. The maximum atomic E-state index is 4.81. The molecule has 0 N–H and O–H groups in total. The largest absolute Gasteiger partial charge is 0.307 e. The average molecular weight is 372 g/mol. The fourth-order valence-electron chi connectivity index (χ4n) is 5.26. The Balaban J connectivity index is 2.04. The summed E-state index contributed by atoms with van der Waals surface area (Å²) in [6, 6.07) is 24.2. The van der Waals surface area contributed by atoms with Crippen LogP contribution >= 0.6 is 0 Å². The lowest BCUT2D eigenvalue weighted by Crippen LogP contribution is -2.30. The van der Waals surface area contributed by atoms with Crippen LogP contribution in [0.3, 0.4) is 0 Å². The Morgan fingerprint density at radius 1 is 0.793 bits per heavy atom. The van der Waals surface area contributed by atoms with E-state index in [1.54, 1.807) is 0 Å². The summed E-state index contributed by atoms with van der Waals surface area (Å²) >= 11 is 0. The zero-order chi connectivity index (χ0) is 19.3. The summed E-state index contributed by atoms with van der Waals surface area (Å²) in [5.74, 6) is 0. The minimum absolute atomic E-state index is 1.05. The first-order chi connectivity index (χ1) is 14.2. The van der Waals surface area contributed by atoms with Crippen LogP contribution in [0.1, 0.15) is 5.56 Å². The van der Waals surface area contributed by atoms with E-state index in [1.807, 2.05) is 6.33 Å². The number of aromatic nitrogens is 3. The number of rotatable bonds is 0. The maximum absolute atomic E-state index is 4.81. The monoisotopic (exact) mass is 372 g/mol. The molecule has 0 saturated carbocycles. The van der Waals surface area contributed by atoms with Crippen LogP contribution in [-0.4, -0.2) is 9.38 Å². The van der Waals surface area contributed by atoms with Gasteiger partial charge in [-0.15, -0.1) is 0 Å². The number of pyridine rings is 1. The van der Waals surface area contributed by atoms with Crippen molar-refractivity contribution in [1.29, 1.82) is 0 Å². The SMILES string of the molecule is Cc1ccc2c3ccccc3n3c2c1c1c2c(cc4ccccc4c23)nc[n+]1C. The minimum Gasteiger partial charge on any atom is -0.307 e. The summed E-state index contributed by atoms with van der Waals surface area (Å²) in [6.45, 7) is 2.22. The summed E-state index contributed by atoms with van der Waals surface area (Å²) in [6.07, 6.45) is 1.95. The van der Waals surface area contributed by atoms with Crippen LogP contribution in [0, 0.1) is 6.92 Å². The van der Waals surface area contributed by atoms with Crippen LogP contribution in [0.2, 0.25) is 0 Å². The van der Waals surface area contributed by atoms with Gasteiger partial charge in [-0.3, -0.25) is 0 Å². The van der Waals surface area contributed by atoms with Crippen molar-refractivity contribution in [3.05, 3.63) is 78.6 Å². The highest BCUT2D eigenvalue weighted by molar-refractivity contribution is 6.29. The molecule has 0 radical (unpaired) electrons. The zero-order valence-corrected chi connectivity index (χ0v) is 16.3. The first-order valence-electron chi connectivity index (χ1n) is 9.97. The molecule has 7 aromatic rings. The van der Waals surface area contributed by atoms with Crippen molar-refractivity contribution in [2.75, 3.05) is 0 Å². The van der Waals surface area contributed by atoms with Gasteiger partial charge in [0.25, 0.3) is 6.33 Å². The molecule has 136 valence electrons. The molecule has 4 aromatic carbocycles. The molecular weight excluding hydrogens is 354 g/mol. The Bertz CT molecular complexity index is 1770. The van der Waals surface area contributed by atoms with Crippen LogP contribution < -0.4 is 4.57 Å². The molecule has 0 atom stereocenters. The number of aryl methyl sites for hydroxylation is 2. The van der Waals surface area contributed by atoms with E-state index in [4.69, 9.17) is 4.98 Å². The smallest absolute Gasteiger partial charge is 0.287 e. The highest BCUT2D eigenvalue weighted by Gasteiger charge is 2.24. The molecule has 0 aliphatic rings. The molecule has 0 amide bonds. The Morgan fingerprint density at radius 2 is 1.55 bits per heavy atom. The van der Waals surface area contributed by atoms with E-state index in [0.717, 1.165) is 5.52 Å².